The van der Waals surface area contributed by atoms with Crippen LogP contribution in [0.2, 0.25) is 0 Å². The third-order valence-electron chi connectivity index (χ3n) is 3.39. The quantitative estimate of drug-likeness (QED) is 0.794. The van der Waals surface area contributed by atoms with Crippen molar-refractivity contribution < 1.29 is 23.9 Å². The van der Waals surface area contributed by atoms with Crippen LogP contribution in [0.15, 0.2) is 60.7 Å². The molecule has 2 atom stereocenters. The number of hydrogen-bond donors (Lipinski definition) is 1. The fraction of sp³-hybridized carbons (Fsp3) is 0.158. The molecule has 0 aliphatic rings. The van der Waals surface area contributed by atoms with Crippen LogP contribution in [0.25, 0.3) is 0 Å². The number of likely N-dealkylation sites (N-methyl/N-ethyl adjacent to an activating group) is 1. The Bertz CT molecular complexity index is 815. The normalized spacial score (nSPS) is 12.2. The molecule has 0 unspecified atom stereocenters. The van der Waals surface area contributed by atoms with Gasteiger partial charge in [0, 0.05) is 7.05 Å². The van der Waals surface area contributed by atoms with Gasteiger partial charge in [-0.15, -0.1) is 0 Å². The molecule has 0 saturated heterocycles. The number of carbonyl (C=O) groups excluding carboxylic acids is 3. The molecule has 0 aromatic heterocycles. The van der Waals surface area contributed by atoms with E-state index in [-0.39, 0.29) is 11.1 Å². The highest BCUT2D eigenvalue weighted by Crippen LogP contribution is 2.12. The number of benzene rings is 2. The largest absolute Gasteiger partial charge is 0.443 e. The minimum Gasteiger partial charge on any atom is -0.443 e. The lowest BCUT2D eigenvalue weighted by molar-refractivity contribution is -0.133. The van der Waals surface area contributed by atoms with E-state index >= 15 is 0 Å². The van der Waals surface area contributed by atoms with Gasteiger partial charge in [0.25, 0.3) is 5.91 Å². The Morgan fingerprint density at radius 3 is 1.77 bits per heavy atom. The van der Waals surface area contributed by atoms with Gasteiger partial charge in [-0.25, -0.2) is 9.59 Å². The van der Waals surface area contributed by atoms with E-state index in [4.69, 9.17) is 9.47 Å². The summed E-state index contributed by atoms with van der Waals surface area (Å²) in [6.07, 6.45) is -3.21. The van der Waals surface area contributed by atoms with Crippen LogP contribution < -0.4 is 5.32 Å². The first kappa shape index (κ1) is 18.7. The highest BCUT2D eigenvalue weighted by Gasteiger charge is 2.35. The molecule has 0 aliphatic carbocycles. The molecule has 0 spiro atoms. The fourth-order valence-corrected chi connectivity index (χ4v) is 2.07. The van der Waals surface area contributed by atoms with Crippen molar-refractivity contribution in [2.24, 2.45) is 0 Å². The summed E-state index contributed by atoms with van der Waals surface area (Å²) in [6, 6.07) is 17.6. The van der Waals surface area contributed by atoms with Gasteiger partial charge in [0.15, 0.2) is 0 Å². The monoisotopic (exact) mass is 352 g/mol. The molecule has 1 N–H and O–H groups in total. The first-order valence-electron chi connectivity index (χ1n) is 7.70. The molecule has 132 valence electrons. The number of nitrogens with zero attached hydrogens (tertiary/aromatic N) is 1. The van der Waals surface area contributed by atoms with Crippen LogP contribution in [0.4, 0.5) is 0 Å². The van der Waals surface area contributed by atoms with Gasteiger partial charge >= 0.3 is 11.9 Å². The average Bonchev–Trinajstić information content (AvgIpc) is 2.70. The lowest BCUT2D eigenvalue weighted by Crippen LogP contribution is -2.45. The lowest BCUT2D eigenvalue weighted by Gasteiger charge is -2.21. The first-order chi connectivity index (χ1) is 12.6. The van der Waals surface area contributed by atoms with E-state index in [0.717, 1.165) is 0 Å². The highest BCUT2D eigenvalue weighted by molar-refractivity contribution is 5.93. The molecule has 0 fully saturated rings. The summed E-state index contributed by atoms with van der Waals surface area (Å²) < 4.78 is 10.2. The first-order valence-corrected chi connectivity index (χ1v) is 7.70. The van der Waals surface area contributed by atoms with Crippen LogP contribution >= 0.6 is 0 Å². The van der Waals surface area contributed by atoms with Crippen LogP contribution in [0.1, 0.15) is 20.7 Å². The summed E-state index contributed by atoms with van der Waals surface area (Å²) in [5.74, 6) is -2.38. The molecule has 1 amide bonds. The van der Waals surface area contributed by atoms with Crippen LogP contribution in [0, 0.1) is 11.3 Å². The Labute approximate surface area is 150 Å². The number of hydrogen-bond acceptors (Lipinski definition) is 6. The Morgan fingerprint density at radius 1 is 0.885 bits per heavy atom. The predicted octanol–water partition coefficient (Wildman–Crippen LogP) is 1.71. The number of carbonyl (C=O) groups is 3. The molecule has 7 nitrogen and oxygen atoms in total. The second-order valence-electron chi connectivity index (χ2n) is 5.13. The zero-order valence-electron chi connectivity index (χ0n) is 13.9. The maximum atomic E-state index is 12.2. The number of rotatable bonds is 6. The van der Waals surface area contributed by atoms with Crippen molar-refractivity contribution in [1.82, 2.24) is 5.32 Å². The van der Waals surface area contributed by atoms with E-state index in [1.807, 2.05) is 0 Å². The van der Waals surface area contributed by atoms with Crippen molar-refractivity contribution in [2.45, 2.75) is 12.2 Å². The molecule has 0 aliphatic heterocycles. The van der Waals surface area contributed by atoms with Crippen molar-refractivity contribution in [3.05, 3.63) is 71.8 Å². The minimum atomic E-state index is -1.61. The van der Waals surface area contributed by atoms with Gasteiger partial charge in [0.1, 0.15) is 6.07 Å². The molecule has 0 radical (unpaired) electrons. The Hall–Kier alpha value is -3.66. The predicted molar refractivity (Wildman–Crippen MR) is 91.0 cm³/mol. The minimum absolute atomic E-state index is 0.201. The third kappa shape index (κ3) is 4.68. The molecule has 26 heavy (non-hydrogen) atoms. The third-order valence-corrected chi connectivity index (χ3v) is 3.39. The van der Waals surface area contributed by atoms with Crippen molar-refractivity contribution in [2.75, 3.05) is 7.05 Å². The molecule has 0 saturated carbocycles. The van der Waals surface area contributed by atoms with Crippen LogP contribution in [0.3, 0.4) is 0 Å². The molecule has 2 aromatic carbocycles. The average molecular weight is 352 g/mol. The summed E-state index contributed by atoms with van der Waals surface area (Å²) in [7, 11) is 1.32. The van der Waals surface area contributed by atoms with Gasteiger partial charge in [0.2, 0.25) is 12.2 Å². The van der Waals surface area contributed by atoms with Crippen LogP contribution in [-0.4, -0.2) is 37.1 Å². The standard InChI is InChI=1S/C19H16N2O5/c1-21-17(22)16(26-19(24)14-10-6-3-7-11-14)15(12-20)25-18(23)13-8-4-2-5-9-13/h2-11,15-16H,1H3,(H,21,22)/t15-,16+/m0/s1. The molecule has 7 heteroatoms. The van der Waals surface area contributed by atoms with Crippen molar-refractivity contribution in [3.63, 3.8) is 0 Å². The SMILES string of the molecule is CNC(=O)[C@H](OC(=O)c1ccccc1)[C@H](C#N)OC(=O)c1ccccc1. The number of ether oxygens (including phenoxy) is 2. The number of esters is 2. The van der Waals surface area contributed by atoms with Crippen LogP contribution in [-0.2, 0) is 14.3 Å². The zero-order chi connectivity index (χ0) is 18.9. The summed E-state index contributed by atoms with van der Waals surface area (Å²) >= 11 is 0. The van der Waals surface area contributed by atoms with E-state index in [2.05, 4.69) is 5.32 Å². The number of nitrogens with one attached hydrogen (secondary N) is 1. The van der Waals surface area contributed by atoms with Gasteiger partial charge in [-0.3, -0.25) is 4.79 Å². The van der Waals surface area contributed by atoms with E-state index in [1.165, 1.54) is 31.3 Å². The Balaban J connectivity index is 2.18. The summed E-state index contributed by atoms with van der Waals surface area (Å²) in [4.78, 5) is 36.4. The summed E-state index contributed by atoms with van der Waals surface area (Å²) in [5, 5.41) is 11.6. The summed E-state index contributed by atoms with van der Waals surface area (Å²) in [5.41, 5.74) is 0.408. The van der Waals surface area contributed by atoms with Crippen molar-refractivity contribution in [1.29, 1.82) is 5.26 Å². The number of amides is 1. The lowest BCUT2D eigenvalue weighted by atomic mass is 10.1. The smallest absolute Gasteiger partial charge is 0.339 e. The summed E-state index contributed by atoms with van der Waals surface area (Å²) in [6.45, 7) is 0. The van der Waals surface area contributed by atoms with Gasteiger partial charge in [-0.05, 0) is 24.3 Å². The van der Waals surface area contributed by atoms with Gasteiger partial charge in [0.05, 0.1) is 11.1 Å². The van der Waals surface area contributed by atoms with E-state index in [0.29, 0.717) is 0 Å². The molecule has 2 rings (SSSR count). The molecule has 0 heterocycles. The Kier molecular flexibility index (Phi) is 6.46. The topological polar surface area (TPSA) is 105 Å². The van der Waals surface area contributed by atoms with Crippen LogP contribution in [0.5, 0.6) is 0 Å². The maximum Gasteiger partial charge on any atom is 0.339 e. The van der Waals surface area contributed by atoms with E-state index < -0.39 is 30.1 Å². The fourth-order valence-electron chi connectivity index (χ4n) is 2.07. The van der Waals surface area contributed by atoms with Crippen molar-refractivity contribution >= 4 is 17.8 Å². The van der Waals surface area contributed by atoms with E-state index in [9.17, 15) is 19.6 Å². The molecule has 0 bridgehead atoms. The highest BCUT2D eigenvalue weighted by atomic mass is 16.6. The molecule has 2 aromatic rings. The van der Waals surface area contributed by atoms with Gasteiger partial charge < -0.3 is 14.8 Å². The van der Waals surface area contributed by atoms with Crippen molar-refractivity contribution in [3.8, 4) is 6.07 Å². The van der Waals surface area contributed by atoms with Gasteiger partial charge in [-0.1, -0.05) is 36.4 Å². The molecular formula is C19H16N2O5. The van der Waals surface area contributed by atoms with Gasteiger partial charge in [-0.2, -0.15) is 5.26 Å². The number of nitriles is 1. The second-order valence-corrected chi connectivity index (χ2v) is 5.13. The second kappa shape index (κ2) is 8.99. The Morgan fingerprint density at radius 2 is 1.35 bits per heavy atom. The maximum absolute atomic E-state index is 12.2. The van der Waals surface area contributed by atoms with E-state index in [1.54, 1.807) is 42.5 Å². The zero-order valence-corrected chi connectivity index (χ0v) is 13.9. The molecular weight excluding hydrogens is 336 g/mol.